The third-order valence-electron chi connectivity index (χ3n) is 4.29. The molecule has 1 fully saturated rings. The van der Waals surface area contributed by atoms with E-state index in [1.807, 2.05) is 13.8 Å². The second-order valence-corrected chi connectivity index (χ2v) is 7.48. The fourth-order valence-corrected chi connectivity index (χ4v) is 3.63. The molecule has 0 saturated carbocycles. The zero-order valence-electron chi connectivity index (χ0n) is 16.0. The highest BCUT2D eigenvalue weighted by atomic mass is 32.1. The van der Waals surface area contributed by atoms with Crippen molar-refractivity contribution in [2.45, 2.75) is 19.9 Å². The quantitative estimate of drug-likeness (QED) is 0.357. The highest BCUT2D eigenvalue weighted by molar-refractivity contribution is 7.10. The minimum atomic E-state index is 0.00696. The lowest BCUT2D eigenvalue weighted by molar-refractivity contribution is -0.123. The van der Waals surface area contributed by atoms with E-state index in [1.54, 1.807) is 18.4 Å². The molecular weight excluding hydrogens is 350 g/mol. The van der Waals surface area contributed by atoms with Gasteiger partial charge >= 0.3 is 0 Å². The van der Waals surface area contributed by atoms with Crippen LogP contribution in [-0.4, -0.2) is 69.8 Å². The number of amides is 1. The Labute approximate surface area is 160 Å². The van der Waals surface area contributed by atoms with E-state index in [0.717, 1.165) is 38.8 Å². The van der Waals surface area contributed by atoms with Crippen LogP contribution in [0.5, 0.6) is 0 Å². The summed E-state index contributed by atoms with van der Waals surface area (Å²) in [5.41, 5.74) is 0. The fourth-order valence-electron chi connectivity index (χ4n) is 2.76. The molecule has 0 aliphatic carbocycles. The number of morpholine rings is 1. The van der Waals surface area contributed by atoms with Crippen molar-refractivity contribution in [3.05, 3.63) is 22.4 Å². The predicted molar refractivity (Wildman–Crippen MR) is 107 cm³/mol. The number of nitrogens with zero attached hydrogens (tertiary/aromatic N) is 2. The van der Waals surface area contributed by atoms with E-state index in [4.69, 9.17) is 4.74 Å². The summed E-state index contributed by atoms with van der Waals surface area (Å²) >= 11 is 1.78. The van der Waals surface area contributed by atoms with Crippen LogP contribution in [0.15, 0.2) is 22.5 Å². The van der Waals surface area contributed by atoms with Crippen LogP contribution in [0, 0.1) is 5.92 Å². The van der Waals surface area contributed by atoms with E-state index in [-0.39, 0.29) is 11.8 Å². The van der Waals surface area contributed by atoms with Crippen molar-refractivity contribution in [1.29, 1.82) is 0 Å². The Bertz CT molecular complexity index is 556. The monoisotopic (exact) mass is 381 g/mol. The molecule has 2 rings (SSSR count). The molecule has 1 amide bonds. The Hall–Kier alpha value is -1.64. The zero-order chi connectivity index (χ0) is 18.8. The number of aliphatic imine (C=N–C) groups is 1. The van der Waals surface area contributed by atoms with Crippen LogP contribution in [0.3, 0.4) is 0 Å². The van der Waals surface area contributed by atoms with Gasteiger partial charge in [-0.25, -0.2) is 0 Å². The molecule has 146 valence electrons. The highest BCUT2D eigenvalue weighted by Crippen LogP contribution is 2.25. The smallest absolute Gasteiger partial charge is 0.222 e. The minimum absolute atomic E-state index is 0.00696. The largest absolute Gasteiger partial charge is 0.379 e. The molecule has 1 aliphatic rings. The number of rotatable bonds is 8. The Balaban J connectivity index is 1.81. The maximum Gasteiger partial charge on any atom is 0.222 e. The lowest BCUT2D eigenvalue weighted by atomic mass is 10.2. The van der Waals surface area contributed by atoms with E-state index in [9.17, 15) is 4.79 Å². The van der Waals surface area contributed by atoms with Gasteiger partial charge in [0.1, 0.15) is 0 Å². The fraction of sp³-hybridized carbons (Fsp3) is 0.667. The highest BCUT2D eigenvalue weighted by Gasteiger charge is 2.23. The number of guanidine groups is 1. The SMILES string of the molecule is CN=C(NCCNC(=O)C(C)C)NCC(c1cccs1)N1CCOCC1. The summed E-state index contributed by atoms with van der Waals surface area (Å²) in [6, 6.07) is 4.58. The van der Waals surface area contributed by atoms with Gasteiger partial charge in [-0.15, -0.1) is 11.3 Å². The van der Waals surface area contributed by atoms with Gasteiger partial charge in [0, 0.05) is 50.6 Å². The number of thiophene rings is 1. The van der Waals surface area contributed by atoms with Crippen LogP contribution >= 0.6 is 11.3 Å². The molecule has 1 aromatic heterocycles. The molecule has 0 radical (unpaired) electrons. The molecule has 26 heavy (non-hydrogen) atoms. The number of carbonyl (C=O) groups excluding carboxylic acids is 1. The second kappa shape index (κ2) is 11.2. The predicted octanol–water partition coefficient (Wildman–Crippen LogP) is 1.06. The summed E-state index contributed by atoms with van der Waals surface area (Å²) in [6.07, 6.45) is 0. The van der Waals surface area contributed by atoms with E-state index in [0.29, 0.717) is 19.1 Å². The molecule has 1 atom stereocenters. The van der Waals surface area contributed by atoms with Gasteiger partial charge in [0.05, 0.1) is 19.3 Å². The van der Waals surface area contributed by atoms with E-state index < -0.39 is 0 Å². The van der Waals surface area contributed by atoms with Crippen molar-refractivity contribution in [3.63, 3.8) is 0 Å². The molecule has 1 saturated heterocycles. The molecule has 1 aliphatic heterocycles. The average Bonchev–Trinajstić information content (AvgIpc) is 3.18. The molecule has 2 heterocycles. The maximum atomic E-state index is 11.6. The average molecular weight is 382 g/mol. The standard InChI is InChI=1S/C18H31N5O2S/c1-14(2)17(24)20-6-7-21-18(19-3)22-13-15(16-5-4-12-26-16)23-8-10-25-11-9-23/h4-5,12,14-15H,6-11,13H2,1-3H3,(H,20,24)(H2,19,21,22). The molecule has 3 N–H and O–H groups in total. The van der Waals surface area contributed by atoms with E-state index >= 15 is 0 Å². The van der Waals surface area contributed by atoms with Gasteiger partial charge in [0.25, 0.3) is 0 Å². The van der Waals surface area contributed by atoms with Crippen LogP contribution in [-0.2, 0) is 9.53 Å². The maximum absolute atomic E-state index is 11.6. The van der Waals surface area contributed by atoms with Gasteiger partial charge in [0.15, 0.2) is 5.96 Å². The van der Waals surface area contributed by atoms with Crippen molar-refractivity contribution in [3.8, 4) is 0 Å². The molecule has 1 unspecified atom stereocenters. The first-order chi connectivity index (χ1) is 12.6. The molecular formula is C18H31N5O2S. The van der Waals surface area contributed by atoms with Crippen molar-refractivity contribution < 1.29 is 9.53 Å². The summed E-state index contributed by atoms with van der Waals surface area (Å²) in [6.45, 7) is 9.22. The van der Waals surface area contributed by atoms with E-state index in [1.165, 1.54) is 4.88 Å². The Morgan fingerprint density at radius 1 is 1.27 bits per heavy atom. The first-order valence-electron chi connectivity index (χ1n) is 9.19. The van der Waals surface area contributed by atoms with Gasteiger partial charge in [-0.3, -0.25) is 14.7 Å². The summed E-state index contributed by atoms with van der Waals surface area (Å²) < 4.78 is 5.49. The van der Waals surface area contributed by atoms with Gasteiger partial charge < -0.3 is 20.7 Å². The van der Waals surface area contributed by atoms with Crippen LogP contribution in [0.2, 0.25) is 0 Å². The normalized spacial score (nSPS) is 17.2. The van der Waals surface area contributed by atoms with Crippen LogP contribution in [0.25, 0.3) is 0 Å². The number of ether oxygens (including phenoxy) is 1. The molecule has 1 aromatic rings. The van der Waals surface area contributed by atoms with Crippen LogP contribution < -0.4 is 16.0 Å². The number of nitrogens with one attached hydrogen (secondary N) is 3. The van der Waals surface area contributed by atoms with Crippen LogP contribution in [0.1, 0.15) is 24.8 Å². The van der Waals surface area contributed by atoms with E-state index in [2.05, 4.69) is 43.4 Å². The summed E-state index contributed by atoms with van der Waals surface area (Å²) in [5, 5.41) is 11.7. The van der Waals surface area contributed by atoms with Gasteiger partial charge in [-0.05, 0) is 11.4 Å². The Kier molecular flexibility index (Phi) is 8.87. The van der Waals surface area contributed by atoms with Crippen LogP contribution in [0.4, 0.5) is 0 Å². The van der Waals surface area contributed by atoms with Gasteiger partial charge in [0.2, 0.25) is 5.91 Å². The summed E-state index contributed by atoms with van der Waals surface area (Å²) in [4.78, 5) is 19.7. The van der Waals surface area contributed by atoms with Crippen molar-refractivity contribution in [2.24, 2.45) is 10.9 Å². The summed E-state index contributed by atoms with van der Waals surface area (Å²) in [7, 11) is 1.76. The molecule has 0 bridgehead atoms. The third-order valence-corrected chi connectivity index (χ3v) is 5.26. The van der Waals surface area contributed by atoms with Gasteiger partial charge in [-0.2, -0.15) is 0 Å². The molecule has 0 spiro atoms. The number of hydrogen-bond donors (Lipinski definition) is 3. The van der Waals surface area contributed by atoms with Crippen molar-refractivity contribution in [2.75, 3.05) is 53.0 Å². The molecule has 7 nitrogen and oxygen atoms in total. The number of carbonyl (C=O) groups is 1. The molecule has 8 heteroatoms. The zero-order valence-corrected chi connectivity index (χ0v) is 16.8. The topological polar surface area (TPSA) is 78.0 Å². The lowest BCUT2D eigenvalue weighted by Gasteiger charge is -2.34. The number of hydrogen-bond acceptors (Lipinski definition) is 5. The third kappa shape index (κ3) is 6.59. The first kappa shape index (κ1) is 20.7. The lowest BCUT2D eigenvalue weighted by Crippen LogP contribution is -2.47. The van der Waals surface area contributed by atoms with Crippen molar-refractivity contribution >= 4 is 23.2 Å². The Morgan fingerprint density at radius 2 is 2.00 bits per heavy atom. The molecule has 0 aromatic carbocycles. The van der Waals surface area contributed by atoms with Gasteiger partial charge in [-0.1, -0.05) is 19.9 Å². The summed E-state index contributed by atoms with van der Waals surface area (Å²) in [5.74, 6) is 0.825. The first-order valence-corrected chi connectivity index (χ1v) is 10.1. The van der Waals surface area contributed by atoms with Crippen molar-refractivity contribution in [1.82, 2.24) is 20.9 Å². The second-order valence-electron chi connectivity index (χ2n) is 6.51. The minimum Gasteiger partial charge on any atom is -0.379 e. The Morgan fingerprint density at radius 3 is 2.62 bits per heavy atom.